The Morgan fingerprint density at radius 1 is 1.19 bits per heavy atom. The Labute approximate surface area is 167 Å². The maximum Gasteiger partial charge on any atom is 0.279 e. The first-order valence-corrected chi connectivity index (χ1v) is 9.23. The molecular formula is C19H21Cl2FN3O2+. The Balaban J connectivity index is 1.96. The Kier molecular flexibility index (Phi) is 7.59. The summed E-state index contributed by atoms with van der Waals surface area (Å²) >= 11 is 11.8. The number of rotatable bonds is 7. The predicted molar refractivity (Wildman–Crippen MR) is 105 cm³/mol. The van der Waals surface area contributed by atoms with Gasteiger partial charge in [-0.05, 0) is 44.2 Å². The first-order chi connectivity index (χ1) is 12.8. The van der Waals surface area contributed by atoms with Crippen LogP contribution in [0, 0.1) is 5.82 Å². The van der Waals surface area contributed by atoms with Crippen molar-refractivity contribution in [3.8, 4) is 0 Å². The summed E-state index contributed by atoms with van der Waals surface area (Å²) in [5, 5.41) is 7.49. The largest absolute Gasteiger partial charge is 0.352 e. The monoisotopic (exact) mass is 412 g/mol. The molecule has 0 fully saturated rings. The van der Waals surface area contributed by atoms with Crippen LogP contribution in [0.3, 0.4) is 0 Å². The van der Waals surface area contributed by atoms with E-state index in [9.17, 15) is 14.0 Å². The summed E-state index contributed by atoms with van der Waals surface area (Å²) in [5.74, 6) is -1.00. The van der Waals surface area contributed by atoms with Gasteiger partial charge < -0.3 is 16.0 Å². The van der Waals surface area contributed by atoms with Gasteiger partial charge in [-0.2, -0.15) is 0 Å². The van der Waals surface area contributed by atoms with Gasteiger partial charge in [-0.15, -0.1) is 0 Å². The normalized spacial score (nSPS) is 11.7. The van der Waals surface area contributed by atoms with Crippen molar-refractivity contribution in [2.75, 3.05) is 18.4 Å². The zero-order chi connectivity index (χ0) is 20.0. The van der Waals surface area contributed by atoms with Gasteiger partial charge >= 0.3 is 0 Å². The second kappa shape index (κ2) is 9.69. The van der Waals surface area contributed by atoms with E-state index in [1.807, 2.05) is 13.8 Å². The lowest BCUT2D eigenvalue weighted by Crippen LogP contribution is -2.86. The van der Waals surface area contributed by atoms with Crippen LogP contribution in [0.5, 0.6) is 0 Å². The van der Waals surface area contributed by atoms with Crippen LogP contribution >= 0.6 is 23.2 Å². The number of nitrogens with one attached hydrogen (secondary N) is 2. The number of anilines is 1. The highest BCUT2D eigenvalue weighted by Crippen LogP contribution is 2.27. The van der Waals surface area contributed by atoms with Crippen LogP contribution < -0.4 is 16.0 Å². The van der Waals surface area contributed by atoms with E-state index >= 15 is 0 Å². The Morgan fingerprint density at radius 2 is 1.93 bits per heavy atom. The number of carbonyl (C=O) groups excluding carboxylic acids is 2. The molecule has 4 N–H and O–H groups in total. The minimum absolute atomic E-state index is 0.0410. The third kappa shape index (κ3) is 5.92. The molecule has 1 atom stereocenters. The predicted octanol–water partition coefficient (Wildman–Crippen LogP) is 3.15. The fourth-order valence-electron chi connectivity index (χ4n) is 2.51. The molecular weight excluding hydrogens is 392 g/mol. The molecule has 5 nitrogen and oxygen atoms in total. The van der Waals surface area contributed by atoms with Crippen molar-refractivity contribution in [1.29, 1.82) is 0 Å². The van der Waals surface area contributed by atoms with Gasteiger partial charge in [-0.1, -0.05) is 29.3 Å². The van der Waals surface area contributed by atoms with Crippen LogP contribution in [0.2, 0.25) is 10.0 Å². The van der Waals surface area contributed by atoms with Crippen molar-refractivity contribution in [1.82, 2.24) is 5.32 Å². The van der Waals surface area contributed by atoms with Crippen molar-refractivity contribution >= 4 is 40.7 Å². The van der Waals surface area contributed by atoms with Crippen molar-refractivity contribution in [3.63, 3.8) is 0 Å². The van der Waals surface area contributed by atoms with Crippen LogP contribution in [0.25, 0.3) is 0 Å². The summed E-state index contributed by atoms with van der Waals surface area (Å²) < 4.78 is 13.6. The number of nitrogens with two attached hydrogens (primary N) is 1. The molecule has 8 heteroatoms. The number of halogens is 3. The number of amides is 2. The van der Waals surface area contributed by atoms with Crippen molar-refractivity contribution in [3.05, 3.63) is 63.4 Å². The molecule has 2 amide bonds. The number of hydrogen-bond acceptors (Lipinski definition) is 2. The SMILES string of the molecule is CCNC(=O)c1cccc(NC(=O)C[NH2+][C@@H](C)c2cc(F)c(Cl)cc2Cl)c1. The lowest BCUT2D eigenvalue weighted by molar-refractivity contribution is -0.682. The quantitative estimate of drug-likeness (QED) is 0.611. The number of carbonyl (C=O) groups is 2. The minimum atomic E-state index is -0.553. The smallest absolute Gasteiger partial charge is 0.279 e. The molecule has 0 saturated carbocycles. The molecule has 0 bridgehead atoms. The molecule has 0 aliphatic rings. The van der Waals surface area contributed by atoms with E-state index in [4.69, 9.17) is 23.2 Å². The van der Waals surface area contributed by atoms with Gasteiger partial charge in [-0.3, -0.25) is 9.59 Å². The molecule has 0 aromatic heterocycles. The molecule has 2 aromatic carbocycles. The molecule has 0 unspecified atom stereocenters. The fraction of sp³-hybridized carbons (Fsp3) is 0.263. The van der Waals surface area contributed by atoms with Gasteiger partial charge in [0.05, 0.1) is 10.0 Å². The van der Waals surface area contributed by atoms with Gasteiger partial charge in [0.15, 0.2) is 6.54 Å². The summed E-state index contributed by atoms with van der Waals surface area (Å²) in [7, 11) is 0. The van der Waals surface area contributed by atoms with Gasteiger partial charge in [-0.25, -0.2) is 4.39 Å². The van der Waals surface area contributed by atoms with Crippen molar-refractivity contribution in [2.45, 2.75) is 19.9 Å². The fourth-order valence-corrected chi connectivity index (χ4v) is 3.07. The van der Waals surface area contributed by atoms with Crippen LogP contribution in [-0.4, -0.2) is 24.9 Å². The van der Waals surface area contributed by atoms with Gasteiger partial charge in [0, 0.05) is 23.4 Å². The van der Waals surface area contributed by atoms with E-state index in [0.717, 1.165) is 0 Å². The third-order valence-corrected chi connectivity index (χ3v) is 4.55. The maximum atomic E-state index is 13.6. The topological polar surface area (TPSA) is 74.8 Å². The molecule has 27 heavy (non-hydrogen) atoms. The van der Waals surface area contributed by atoms with E-state index < -0.39 is 5.82 Å². The second-order valence-corrected chi connectivity index (χ2v) is 6.82. The highest BCUT2D eigenvalue weighted by molar-refractivity contribution is 6.35. The van der Waals surface area contributed by atoms with Crippen molar-refractivity contribution < 1.29 is 19.3 Å². The molecule has 0 radical (unpaired) electrons. The molecule has 0 spiro atoms. The minimum Gasteiger partial charge on any atom is -0.352 e. The zero-order valence-electron chi connectivity index (χ0n) is 15.0. The van der Waals surface area contributed by atoms with Crippen molar-refractivity contribution in [2.24, 2.45) is 0 Å². The second-order valence-electron chi connectivity index (χ2n) is 6.00. The van der Waals surface area contributed by atoms with Gasteiger partial charge in [0.25, 0.3) is 11.8 Å². The molecule has 0 saturated heterocycles. The third-order valence-electron chi connectivity index (χ3n) is 3.93. The Bertz CT molecular complexity index is 846. The number of benzene rings is 2. The number of hydrogen-bond donors (Lipinski definition) is 3. The maximum absolute atomic E-state index is 13.6. The molecule has 144 valence electrons. The first-order valence-electron chi connectivity index (χ1n) is 8.47. The van der Waals surface area contributed by atoms with Crippen LogP contribution in [-0.2, 0) is 4.79 Å². The van der Waals surface area contributed by atoms with E-state index in [1.165, 1.54) is 12.1 Å². The van der Waals surface area contributed by atoms with E-state index in [2.05, 4.69) is 10.6 Å². The molecule has 0 aliphatic heterocycles. The standard InChI is InChI=1S/C19H20Cl2FN3O2/c1-3-23-19(27)12-5-4-6-13(7-12)25-18(26)10-24-11(2)14-8-17(22)16(21)9-15(14)20/h4-9,11,24H,3,10H2,1-2H3,(H,23,27)(H,25,26)/p+1/t11-/m0/s1. The van der Waals surface area contributed by atoms with Crippen LogP contribution in [0.1, 0.15) is 35.8 Å². The summed E-state index contributed by atoms with van der Waals surface area (Å²) in [4.78, 5) is 24.0. The average molecular weight is 413 g/mol. The summed E-state index contributed by atoms with van der Waals surface area (Å²) in [6.07, 6.45) is 0. The molecule has 2 aromatic rings. The lowest BCUT2D eigenvalue weighted by Gasteiger charge is -2.13. The van der Waals surface area contributed by atoms with E-state index in [0.29, 0.717) is 28.4 Å². The van der Waals surface area contributed by atoms with Crippen LogP contribution in [0.4, 0.5) is 10.1 Å². The lowest BCUT2D eigenvalue weighted by atomic mass is 10.1. The Morgan fingerprint density at radius 3 is 2.63 bits per heavy atom. The Hall–Kier alpha value is -2.15. The summed E-state index contributed by atoms with van der Waals surface area (Å²) in [6.45, 7) is 4.28. The highest BCUT2D eigenvalue weighted by atomic mass is 35.5. The molecule has 0 aliphatic carbocycles. The number of quaternary nitrogens is 1. The van der Waals surface area contributed by atoms with E-state index in [1.54, 1.807) is 29.6 Å². The molecule has 0 heterocycles. The summed E-state index contributed by atoms with van der Waals surface area (Å²) in [5.41, 5.74) is 1.56. The van der Waals surface area contributed by atoms with E-state index in [-0.39, 0.29) is 29.4 Å². The summed E-state index contributed by atoms with van der Waals surface area (Å²) in [6, 6.07) is 9.07. The zero-order valence-corrected chi connectivity index (χ0v) is 16.5. The van der Waals surface area contributed by atoms with Gasteiger partial charge in [0.1, 0.15) is 11.9 Å². The highest BCUT2D eigenvalue weighted by Gasteiger charge is 2.17. The van der Waals surface area contributed by atoms with Crippen LogP contribution in [0.15, 0.2) is 36.4 Å². The average Bonchev–Trinajstić information content (AvgIpc) is 2.63. The molecule has 2 rings (SSSR count). The van der Waals surface area contributed by atoms with Gasteiger partial charge in [0.2, 0.25) is 0 Å². The first kappa shape index (κ1) is 21.2.